The quantitative estimate of drug-likeness (QED) is 0.606. The highest BCUT2D eigenvalue weighted by Gasteiger charge is 2.45. The summed E-state index contributed by atoms with van der Waals surface area (Å²) in [5.74, 6) is -3.00. The van der Waals surface area contributed by atoms with E-state index in [0.29, 0.717) is 0 Å². The number of halogens is 5. The fourth-order valence-electron chi connectivity index (χ4n) is 1.16. The van der Waals surface area contributed by atoms with Crippen LogP contribution in [0.3, 0.4) is 0 Å². The average Bonchev–Trinajstić information content (AvgIpc) is 2.16. The maximum Gasteiger partial charge on any atom is 0.176 e. The van der Waals surface area contributed by atoms with Gasteiger partial charge in [0.15, 0.2) is 23.5 Å². The van der Waals surface area contributed by atoms with E-state index in [9.17, 15) is 17.6 Å². The van der Waals surface area contributed by atoms with E-state index in [4.69, 9.17) is 5.11 Å². The summed E-state index contributed by atoms with van der Waals surface area (Å²) < 4.78 is 52.3. The number of aliphatic hydroxyl groups excluding tert-OH is 1. The second-order valence-electron chi connectivity index (χ2n) is 2.91. The molecule has 1 N–H and O–H groups in total. The second kappa shape index (κ2) is 4.02. The molecule has 2 atom stereocenters. The zero-order chi connectivity index (χ0) is 10.9. The van der Waals surface area contributed by atoms with Crippen LogP contribution in [0.4, 0.5) is 17.6 Å². The molecular formula is C8H7BrF4O. The lowest BCUT2D eigenvalue weighted by atomic mass is 9.90. The van der Waals surface area contributed by atoms with E-state index in [2.05, 4.69) is 15.9 Å². The molecule has 0 fully saturated rings. The molecule has 1 aliphatic rings. The van der Waals surface area contributed by atoms with Crippen LogP contribution in [0.2, 0.25) is 0 Å². The number of alkyl halides is 3. The van der Waals surface area contributed by atoms with Crippen molar-refractivity contribution in [2.45, 2.75) is 11.8 Å². The van der Waals surface area contributed by atoms with Crippen LogP contribution in [0.1, 0.15) is 0 Å². The summed E-state index contributed by atoms with van der Waals surface area (Å²) in [6.45, 7) is -1.05. The Bertz CT molecular complexity index is 302. The summed E-state index contributed by atoms with van der Waals surface area (Å²) in [6, 6.07) is 0. The van der Waals surface area contributed by atoms with Gasteiger partial charge in [-0.1, -0.05) is 15.9 Å². The lowest BCUT2D eigenvalue weighted by Gasteiger charge is -2.28. The summed E-state index contributed by atoms with van der Waals surface area (Å²) in [5, 5.41) is 8.06. The minimum Gasteiger partial charge on any atom is -0.392 e. The normalized spacial score (nSPS) is 33.3. The minimum absolute atomic E-state index is 0.237. The van der Waals surface area contributed by atoms with Gasteiger partial charge in [-0.05, 0) is 6.08 Å². The molecule has 80 valence electrons. The van der Waals surface area contributed by atoms with E-state index in [0.717, 1.165) is 0 Å². The molecule has 0 spiro atoms. The molecule has 1 rings (SSSR count). The Morgan fingerprint density at radius 2 is 2.07 bits per heavy atom. The van der Waals surface area contributed by atoms with E-state index in [1.165, 1.54) is 0 Å². The molecule has 0 saturated heterocycles. The molecule has 0 heterocycles. The van der Waals surface area contributed by atoms with Gasteiger partial charge in [0, 0.05) is 10.9 Å². The monoisotopic (exact) mass is 274 g/mol. The van der Waals surface area contributed by atoms with Crippen LogP contribution in [0.15, 0.2) is 23.3 Å². The Hall–Kier alpha value is -0.360. The predicted molar refractivity (Wildman–Crippen MR) is 46.9 cm³/mol. The van der Waals surface area contributed by atoms with Crippen LogP contribution >= 0.6 is 15.9 Å². The summed E-state index contributed by atoms with van der Waals surface area (Å²) >= 11 is 2.66. The molecule has 1 nitrogen and oxygen atoms in total. The average molecular weight is 275 g/mol. The summed E-state index contributed by atoms with van der Waals surface area (Å²) in [5.41, 5.74) is -3.54. The summed E-state index contributed by atoms with van der Waals surface area (Å²) in [6.07, 6.45) is -2.13. The molecule has 0 aromatic heterocycles. The first-order chi connectivity index (χ1) is 6.46. The molecule has 0 amide bonds. The smallest absolute Gasteiger partial charge is 0.176 e. The SMILES string of the molecule is OCC1=C(F)C(F)=CC(F)(CBr)C1F. The first-order valence-electron chi connectivity index (χ1n) is 3.73. The van der Waals surface area contributed by atoms with Crippen LogP contribution in [-0.4, -0.2) is 28.9 Å². The highest BCUT2D eigenvalue weighted by Crippen LogP contribution is 2.38. The van der Waals surface area contributed by atoms with Crippen LogP contribution < -0.4 is 0 Å². The van der Waals surface area contributed by atoms with Gasteiger partial charge in [-0.3, -0.25) is 0 Å². The highest BCUT2D eigenvalue weighted by atomic mass is 79.9. The molecule has 0 aromatic carbocycles. The predicted octanol–water partition coefficient (Wildman–Crippen LogP) is 2.51. The van der Waals surface area contributed by atoms with Crippen LogP contribution in [-0.2, 0) is 0 Å². The van der Waals surface area contributed by atoms with Crippen LogP contribution in [0.5, 0.6) is 0 Å². The maximum atomic E-state index is 13.5. The molecule has 2 unspecified atom stereocenters. The number of aliphatic hydroxyl groups is 1. The van der Waals surface area contributed by atoms with Gasteiger partial charge in [-0.15, -0.1) is 0 Å². The molecule has 0 radical (unpaired) electrons. The van der Waals surface area contributed by atoms with Crippen molar-refractivity contribution >= 4 is 15.9 Å². The highest BCUT2D eigenvalue weighted by molar-refractivity contribution is 9.09. The number of hydrogen-bond donors (Lipinski definition) is 1. The van der Waals surface area contributed by atoms with Crippen molar-refractivity contribution in [3.05, 3.63) is 23.3 Å². The fourth-order valence-corrected chi connectivity index (χ4v) is 1.60. The molecule has 6 heteroatoms. The van der Waals surface area contributed by atoms with Crippen molar-refractivity contribution < 1.29 is 22.7 Å². The van der Waals surface area contributed by atoms with E-state index in [-0.39, 0.29) is 6.08 Å². The number of allylic oxidation sites excluding steroid dienone is 3. The van der Waals surface area contributed by atoms with Gasteiger partial charge in [-0.2, -0.15) is 0 Å². The zero-order valence-electron chi connectivity index (χ0n) is 6.91. The molecule has 1 aliphatic carbocycles. The standard InChI is InChI=1S/C8H7BrF4O/c9-3-8(13)1-5(10)6(11)4(2-14)7(8)12/h1,7,14H,2-3H2. The Kier molecular flexibility index (Phi) is 3.36. The van der Waals surface area contributed by atoms with Crippen LogP contribution in [0, 0.1) is 0 Å². The van der Waals surface area contributed by atoms with Crippen molar-refractivity contribution in [3.63, 3.8) is 0 Å². The Labute approximate surface area is 86.2 Å². The first kappa shape index (κ1) is 11.7. The zero-order valence-corrected chi connectivity index (χ0v) is 8.49. The Morgan fingerprint density at radius 1 is 1.50 bits per heavy atom. The minimum atomic E-state index is -2.64. The maximum absolute atomic E-state index is 13.5. The van der Waals surface area contributed by atoms with Gasteiger partial charge in [0.25, 0.3) is 0 Å². The molecule has 0 aliphatic heterocycles. The van der Waals surface area contributed by atoms with Crippen molar-refractivity contribution in [2.24, 2.45) is 0 Å². The van der Waals surface area contributed by atoms with Gasteiger partial charge in [0.05, 0.1) is 6.61 Å². The largest absolute Gasteiger partial charge is 0.392 e. The van der Waals surface area contributed by atoms with Crippen molar-refractivity contribution in [2.75, 3.05) is 11.9 Å². The van der Waals surface area contributed by atoms with E-state index < -0.39 is 41.0 Å². The molecule has 0 aromatic rings. The molecule has 0 saturated carbocycles. The van der Waals surface area contributed by atoms with Crippen molar-refractivity contribution in [3.8, 4) is 0 Å². The lowest BCUT2D eigenvalue weighted by molar-refractivity contribution is 0.121. The van der Waals surface area contributed by atoms with E-state index in [1.807, 2.05) is 0 Å². The molecule has 0 bridgehead atoms. The Balaban J connectivity index is 3.17. The van der Waals surface area contributed by atoms with E-state index in [1.54, 1.807) is 0 Å². The van der Waals surface area contributed by atoms with E-state index >= 15 is 0 Å². The van der Waals surface area contributed by atoms with Crippen molar-refractivity contribution in [1.82, 2.24) is 0 Å². The Morgan fingerprint density at radius 3 is 2.50 bits per heavy atom. The van der Waals surface area contributed by atoms with Crippen molar-refractivity contribution in [1.29, 1.82) is 0 Å². The third kappa shape index (κ3) is 1.72. The number of rotatable bonds is 2. The first-order valence-corrected chi connectivity index (χ1v) is 4.85. The topological polar surface area (TPSA) is 20.2 Å². The van der Waals surface area contributed by atoms with Gasteiger partial charge < -0.3 is 5.11 Å². The third-order valence-corrected chi connectivity index (χ3v) is 2.82. The molecule has 14 heavy (non-hydrogen) atoms. The second-order valence-corrected chi connectivity index (χ2v) is 3.47. The molecular weight excluding hydrogens is 268 g/mol. The van der Waals surface area contributed by atoms with Crippen LogP contribution in [0.25, 0.3) is 0 Å². The van der Waals surface area contributed by atoms with Gasteiger partial charge in [-0.25, -0.2) is 17.6 Å². The summed E-state index contributed by atoms with van der Waals surface area (Å²) in [4.78, 5) is 0. The third-order valence-electron chi connectivity index (χ3n) is 1.96. The summed E-state index contributed by atoms with van der Waals surface area (Å²) in [7, 11) is 0. The lowest BCUT2D eigenvalue weighted by Crippen LogP contribution is -2.40. The van der Waals surface area contributed by atoms with Gasteiger partial charge in [0.2, 0.25) is 0 Å². The number of hydrogen-bond acceptors (Lipinski definition) is 1. The van der Waals surface area contributed by atoms with Gasteiger partial charge in [0.1, 0.15) is 0 Å². The fraction of sp³-hybridized carbons (Fsp3) is 0.500. The van der Waals surface area contributed by atoms with Gasteiger partial charge >= 0.3 is 0 Å².